The molecule has 1 N–H and O–H groups in total. The Hall–Kier alpha value is -2.34. The number of nitrogens with zero attached hydrogens (tertiary/aromatic N) is 2. The van der Waals surface area contributed by atoms with E-state index in [0.717, 1.165) is 11.3 Å². The summed E-state index contributed by atoms with van der Waals surface area (Å²) in [6, 6.07) is 11.2. The van der Waals surface area contributed by atoms with Crippen LogP contribution in [-0.4, -0.2) is 21.6 Å². The third-order valence-electron chi connectivity index (χ3n) is 2.81. The van der Waals surface area contributed by atoms with E-state index < -0.39 is 0 Å². The van der Waals surface area contributed by atoms with E-state index in [4.69, 9.17) is 4.42 Å². The first-order valence-electron chi connectivity index (χ1n) is 6.41. The lowest BCUT2D eigenvalue weighted by Crippen LogP contribution is -2.13. The molecule has 1 amide bonds. The SMILES string of the molecule is Cc1ccc(NC(=O)CSc2nc3ncccc3o2)cc1. The molecule has 0 aliphatic carbocycles. The molecule has 106 valence electrons. The average Bonchev–Trinajstić information content (AvgIpc) is 2.90. The number of aromatic nitrogens is 2. The van der Waals surface area contributed by atoms with E-state index in [-0.39, 0.29) is 11.7 Å². The normalized spacial score (nSPS) is 10.7. The summed E-state index contributed by atoms with van der Waals surface area (Å²) in [4.78, 5) is 20.2. The number of oxazole rings is 1. The van der Waals surface area contributed by atoms with Crippen LogP contribution < -0.4 is 5.32 Å². The smallest absolute Gasteiger partial charge is 0.258 e. The monoisotopic (exact) mass is 299 g/mol. The Bertz CT molecular complexity index is 735. The predicted molar refractivity (Wildman–Crippen MR) is 82.3 cm³/mol. The van der Waals surface area contributed by atoms with Crippen molar-refractivity contribution in [2.75, 3.05) is 11.1 Å². The molecule has 0 saturated carbocycles. The second-order valence-electron chi connectivity index (χ2n) is 4.51. The summed E-state index contributed by atoms with van der Waals surface area (Å²) < 4.78 is 5.49. The van der Waals surface area contributed by atoms with Crippen molar-refractivity contribution in [2.24, 2.45) is 0 Å². The summed E-state index contributed by atoms with van der Waals surface area (Å²) in [7, 11) is 0. The number of fused-ring (bicyclic) bond motifs is 1. The van der Waals surface area contributed by atoms with Crippen molar-refractivity contribution in [1.82, 2.24) is 9.97 Å². The number of nitrogens with one attached hydrogen (secondary N) is 1. The van der Waals surface area contributed by atoms with Crippen molar-refractivity contribution in [1.29, 1.82) is 0 Å². The van der Waals surface area contributed by atoms with Crippen LogP contribution in [0.15, 0.2) is 52.2 Å². The van der Waals surface area contributed by atoms with Gasteiger partial charge < -0.3 is 9.73 Å². The number of pyridine rings is 1. The summed E-state index contributed by atoms with van der Waals surface area (Å²) in [5.74, 6) is 0.139. The maximum absolute atomic E-state index is 11.9. The van der Waals surface area contributed by atoms with Crippen LogP contribution in [0.5, 0.6) is 0 Å². The van der Waals surface area contributed by atoms with Crippen LogP contribution in [-0.2, 0) is 4.79 Å². The topological polar surface area (TPSA) is 68.0 Å². The van der Waals surface area contributed by atoms with Crippen LogP contribution in [0, 0.1) is 6.92 Å². The van der Waals surface area contributed by atoms with Crippen LogP contribution in [0.25, 0.3) is 11.2 Å². The second-order valence-corrected chi connectivity index (χ2v) is 5.43. The Morgan fingerprint density at radius 3 is 2.86 bits per heavy atom. The zero-order valence-corrected chi connectivity index (χ0v) is 12.2. The highest BCUT2D eigenvalue weighted by molar-refractivity contribution is 7.99. The number of carbonyl (C=O) groups excluding carboxylic acids is 1. The zero-order valence-electron chi connectivity index (χ0n) is 11.4. The van der Waals surface area contributed by atoms with Gasteiger partial charge in [-0.15, -0.1) is 0 Å². The van der Waals surface area contributed by atoms with Gasteiger partial charge in [0.2, 0.25) is 5.91 Å². The molecule has 0 aliphatic rings. The van der Waals surface area contributed by atoms with Crippen LogP contribution in [0.2, 0.25) is 0 Å². The molecule has 0 radical (unpaired) electrons. The Labute approximate surface area is 125 Å². The van der Waals surface area contributed by atoms with Crippen LogP contribution in [0.1, 0.15) is 5.56 Å². The van der Waals surface area contributed by atoms with Crippen molar-refractivity contribution >= 4 is 34.6 Å². The van der Waals surface area contributed by atoms with E-state index in [2.05, 4.69) is 15.3 Å². The lowest BCUT2D eigenvalue weighted by molar-refractivity contribution is -0.113. The van der Waals surface area contributed by atoms with Gasteiger partial charge in [0, 0.05) is 11.9 Å². The van der Waals surface area contributed by atoms with E-state index in [1.165, 1.54) is 11.8 Å². The Morgan fingerprint density at radius 1 is 1.29 bits per heavy atom. The third kappa shape index (κ3) is 3.41. The minimum atomic E-state index is -0.0981. The second kappa shape index (κ2) is 5.97. The first-order chi connectivity index (χ1) is 10.2. The summed E-state index contributed by atoms with van der Waals surface area (Å²) in [5.41, 5.74) is 3.12. The molecule has 0 saturated heterocycles. The first-order valence-corrected chi connectivity index (χ1v) is 7.40. The van der Waals surface area contributed by atoms with Gasteiger partial charge in [0.25, 0.3) is 5.22 Å². The van der Waals surface area contributed by atoms with E-state index in [1.807, 2.05) is 31.2 Å². The summed E-state index contributed by atoms with van der Waals surface area (Å²) >= 11 is 1.25. The Kier molecular flexibility index (Phi) is 3.87. The molecule has 0 aliphatic heterocycles. The maximum atomic E-state index is 11.9. The molecule has 21 heavy (non-hydrogen) atoms. The molecule has 2 aromatic heterocycles. The van der Waals surface area contributed by atoms with Crippen LogP contribution in [0.3, 0.4) is 0 Å². The van der Waals surface area contributed by atoms with E-state index in [9.17, 15) is 4.79 Å². The highest BCUT2D eigenvalue weighted by Gasteiger charge is 2.09. The summed E-state index contributed by atoms with van der Waals surface area (Å²) in [6.07, 6.45) is 1.66. The van der Waals surface area contributed by atoms with Gasteiger partial charge in [0.15, 0.2) is 11.2 Å². The fourth-order valence-corrected chi connectivity index (χ4v) is 2.40. The van der Waals surface area contributed by atoms with Gasteiger partial charge in [0.1, 0.15) is 0 Å². The fraction of sp³-hybridized carbons (Fsp3) is 0.133. The molecule has 3 rings (SSSR count). The predicted octanol–water partition coefficient (Wildman–Crippen LogP) is 3.26. The van der Waals surface area contributed by atoms with Crippen molar-refractivity contribution in [2.45, 2.75) is 12.1 Å². The van der Waals surface area contributed by atoms with Gasteiger partial charge in [-0.05, 0) is 31.2 Å². The lowest BCUT2D eigenvalue weighted by Gasteiger charge is -2.04. The Balaban J connectivity index is 1.59. The van der Waals surface area contributed by atoms with E-state index in [0.29, 0.717) is 16.5 Å². The third-order valence-corrected chi connectivity index (χ3v) is 3.64. The molecule has 5 nitrogen and oxygen atoms in total. The number of hydrogen-bond acceptors (Lipinski definition) is 5. The van der Waals surface area contributed by atoms with E-state index >= 15 is 0 Å². The summed E-state index contributed by atoms with van der Waals surface area (Å²) in [6.45, 7) is 2.00. The van der Waals surface area contributed by atoms with Gasteiger partial charge >= 0.3 is 0 Å². The van der Waals surface area contributed by atoms with Gasteiger partial charge in [0.05, 0.1) is 5.75 Å². The molecule has 0 fully saturated rings. The molecule has 3 aromatic rings. The van der Waals surface area contributed by atoms with Crippen LogP contribution in [0.4, 0.5) is 5.69 Å². The van der Waals surface area contributed by atoms with Gasteiger partial charge in [-0.3, -0.25) is 4.79 Å². The molecule has 2 heterocycles. The molecule has 6 heteroatoms. The molecule has 0 bridgehead atoms. The minimum Gasteiger partial charge on any atom is -0.430 e. The standard InChI is InChI=1S/C15H13N3O2S/c1-10-4-6-11(7-5-10)17-13(19)9-21-15-18-14-12(20-15)3-2-8-16-14/h2-8H,9H2,1H3,(H,17,19). The molecule has 0 unspecified atom stereocenters. The zero-order chi connectivity index (χ0) is 14.7. The van der Waals surface area contributed by atoms with Crippen LogP contribution >= 0.6 is 11.8 Å². The van der Waals surface area contributed by atoms with Gasteiger partial charge in [-0.2, -0.15) is 4.98 Å². The molecule has 0 spiro atoms. The number of hydrogen-bond donors (Lipinski definition) is 1. The number of benzene rings is 1. The largest absolute Gasteiger partial charge is 0.430 e. The lowest BCUT2D eigenvalue weighted by atomic mass is 10.2. The average molecular weight is 299 g/mol. The fourth-order valence-electron chi connectivity index (χ4n) is 1.77. The van der Waals surface area contributed by atoms with Crippen molar-refractivity contribution in [3.05, 3.63) is 48.2 Å². The number of thioether (sulfide) groups is 1. The molecular weight excluding hydrogens is 286 g/mol. The van der Waals surface area contributed by atoms with Gasteiger partial charge in [-0.1, -0.05) is 29.5 Å². The van der Waals surface area contributed by atoms with Gasteiger partial charge in [-0.25, -0.2) is 4.98 Å². The highest BCUT2D eigenvalue weighted by atomic mass is 32.2. The van der Waals surface area contributed by atoms with E-state index in [1.54, 1.807) is 18.3 Å². The molecule has 0 atom stereocenters. The Morgan fingerprint density at radius 2 is 2.10 bits per heavy atom. The first kappa shape index (κ1) is 13.6. The quantitative estimate of drug-likeness (QED) is 0.749. The maximum Gasteiger partial charge on any atom is 0.258 e. The summed E-state index contributed by atoms with van der Waals surface area (Å²) in [5, 5.41) is 3.28. The number of aryl methyl sites for hydroxylation is 1. The van der Waals surface area contributed by atoms with Crippen molar-refractivity contribution in [3.8, 4) is 0 Å². The minimum absolute atomic E-state index is 0.0981. The molecular formula is C15H13N3O2S. The highest BCUT2D eigenvalue weighted by Crippen LogP contribution is 2.22. The number of anilines is 1. The number of amides is 1. The van der Waals surface area contributed by atoms with Crippen molar-refractivity contribution < 1.29 is 9.21 Å². The number of carbonyl (C=O) groups is 1. The number of rotatable bonds is 4. The molecule has 1 aromatic carbocycles. The van der Waals surface area contributed by atoms with Crippen molar-refractivity contribution in [3.63, 3.8) is 0 Å².